The molecule has 2 heterocycles. The minimum atomic E-state index is -4.88. The minimum absolute atomic E-state index is 0.248. The number of nitrogens with zero attached hydrogens (tertiary/aromatic N) is 3. The van der Waals surface area contributed by atoms with Crippen LogP contribution in [0.1, 0.15) is 5.69 Å². The Morgan fingerprint density at radius 3 is 2.52 bits per heavy atom. The Kier molecular flexibility index (Phi) is 3.13. The molecule has 0 bridgehead atoms. The van der Waals surface area contributed by atoms with E-state index in [1.54, 1.807) is 0 Å². The summed E-state index contributed by atoms with van der Waals surface area (Å²) >= 11 is 0. The molecule has 2 aromatic heterocycles. The number of hydrogen-bond donors (Lipinski definition) is 1. The van der Waals surface area contributed by atoms with Gasteiger partial charge in [-0.05, 0) is 12.1 Å². The SMILES string of the molecule is Cn1c(C(F)(F)F)cc(=O)n(-c2cc3[nH]ncc3cc2F)c1=O. The quantitative estimate of drug-likeness (QED) is 0.689. The Morgan fingerprint density at radius 1 is 1.17 bits per heavy atom. The van der Waals surface area contributed by atoms with Gasteiger partial charge in [-0.25, -0.2) is 13.8 Å². The van der Waals surface area contributed by atoms with Crippen LogP contribution in [0, 0.1) is 5.82 Å². The number of fused-ring (bicyclic) bond motifs is 1. The molecule has 23 heavy (non-hydrogen) atoms. The molecule has 0 aliphatic rings. The van der Waals surface area contributed by atoms with Crippen molar-refractivity contribution in [1.82, 2.24) is 19.3 Å². The van der Waals surface area contributed by atoms with E-state index in [0.717, 1.165) is 19.2 Å². The van der Waals surface area contributed by atoms with Crippen molar-refractivity contribution in [3.05, 3.63) is 56.7 Å². The fourth-order valence-electron chi connectivity index (χ4n) is 2.24. The smallest absolute Gasteiger partial charge is 0.292 e. The maximum Gasteiger partial charge on any atom is 0.431 e. The highest BCUT2D eigenvalue weighted by atomic mass is 19.4. The fourth-order valence-corrected chi connectivity index (χ4v) is 2.24. The predicted octanol–water partition coefficient (Wildman–Crippen LogP) is 1.57. The second-order valence-electron chi connectivity index (χ2n) is 4.80. The molecule has 1 N–H and O–H groups in total. The standard InChI is InChI=1S/C13H8F4N4O2/c1-20-10(13(15,16)17)4-11(22)21(12(20)23)9-3-8-6(2-7(9)14)5-18-19-8/h2-5H,1H3,(H,18,19). The number of halogens is 4. The summed E-state index contributed by atoms with van der Waals surface area (Å²) in [7, 11) is 0.855. The number of nitrogens with one attached hydrogen (secondary N) is 1. The summed E-state index contributed by atoms with van der Waals surface area (Å²) in [4.78, 5) is 24.1. The van der Waals surface area contributed by atoms with Crippen molar-refractivity contribution in [3.8, 4) is 5.69 Å². The van der Waals surface area contributed by atoms with Crippen LogP contribution in [-0.2, 0) is 13.2 Å². The lowest BCUT2D eigenvalue weighted by Crippen LogP contribution is -2.41. The van der Waals surface area contributed by atoms with Crippen LogP contribution in [-0.4, -0.2) is 19.3 Å². The average Bonchev–Trinajstić information content (AvgIpc) is 2.89. The third-order valence-electron chi connectivity index (χ3n) is 3.36. The lowest BCUT2D eigenvalue weighted by atomic mass is 10.2. The van der Waals surface area contributed by atoms with Gasteiger partial charge in [-0.15, -0.1) is 0 Å². The Hall–Kier alpha value is -2.91. The molecule has 0 saturated carbocycles. The van der Waals surface area contributed by atoms with Gasteiger partial charge in [-0.3, -0.25) is 14.5 Å². The van der Waals surface area contributed by atoms with Crippen molar-refractivity contribution in [2.24, 2.45) is 7.05 Å². The summed E-state index contributed by atoms with van der Waals surface area (Å²) in [5.41, 5.74) is -4.12. The molecule has 0 fully saturated rings. The largest absolute Gasteiger partial charge is 0.431 e. The Morgan fingerprint density at radius 2 is 1.87 bits per heavy atom. The lowest BCUT2D eigenvalue weighted by molar-refractivity contribution is -0.144. The van der Waals surface area contributed by atoms with E-state index in [9.17, 15) is 27.2 Å². The third-order valence-corrected chi connectivity index (χ3v) is 3.36. The zero-order chi connectivity index (χ0) is 16.9. The molecule has 10 heteroatoms. The van der Waals surface area contributed by atoms with Crippen LogP contribution >= 0.6 is 0 Å². The summed E-state index contributed by atoms with van der Waals surface area (Å²) in [5, 5.41) is 6.59. The molecule has 6 nitrogen and oxygen atoms in total. The third kappa shape index (κ3) is 2.31. The molecular formula is C13H8F4N4O2. The first kappa shape index (κ1) is 15.0. The van der Waals surface area contributed by atoms with Gasteiger partial charge in [0.1, 0.15) is 11.5 Å². The zero-order valence-corrected chi connectivity index (χ0v) is 11.5. The molecule has 1 aromatic carbocycles. The van der Waals surface area contributed by atoms with Crippen LogP contribution in [0.25, 0.3) is 16.6 Å². The number of rotatable bonds is 1. The summed E-state index contributed by atoms with van der Waals surface area (Å²) in [6.07, 6.45) is -3.55. The lowest BCUT2D eigenvalue weighted by Gasteiger charge is -2.14. The van der Waals surface area contributed by atoms with Crippen LogP contribution in [0.3, 0.4) is 0 Å². The first-order valence-corrected chi connectivity index (χ1v) is 6.23. The van der Waals surface area contributed by atoms with Gasteiger partial charge in [0.15, 0.2) is 0 Å². The van der Waals surface area contributed by atoms with Gasteiger partial charge < -0.3 is 0 Å². The van der Waals surface area contributed by atoms with Crippen LogP contribution in [0.2, 0.25) is 0 Å². The number of alkyl halides is 3. The average molecular weight is 328 g/mol. The topological polar surface area (TPSA) is 72.7 Å². The molecule has 0 radical (unpaired) electrons. The van der Waals surface area contributed by atoms with Crippen LogP contribution in [0.5, 0.6) is 0 Å². The van der Waals surface area contributed by atoms with E-state index in [1.165, 1.54) is 6.20 Å². The molecule has 0 saturated heterocycles. The first-order valence-electron chi connectivity index (χ1n) is 6.23. The molecule has 0 unspecified atom stereocenters. The maximum atomic E-state index is 14.1. The molecule has 0 aliphatic heterocycles. The van der Waals surface area contributed by atoms with Gasteiger partial charge in [-0.1, -0.05) is 0 Å². The van der Waals surface area contributed by atoms with Gasteiger partial charge in [0.05, 0.1) is 17.4 Å². The summed E-state index contributed by atoms with van der Waals surface area (Å²) in [5.74, 6) is -0.933. The minimum Gasteiger partial charge on any atom is -0.292 e. The van der Waals surface area contributed by atoms with Crippen molar-refractivity contribution in [2.75, 3.05) is 0 Å². The van der Waals surface area contributed by atoms with Crippen molar-refractivity contribution in [2.45, 2.75) is 6.18 Å². The van der Waals surface area contributed by atoms with Crippen LogP contribution in [0.4, 0.5) is 17.6 Å². The highest BCUT2D eigenvalue weighted by Gasteiger charge is 2.35. The van der Waals surface area contributed by atoms with Gasteiger partial charge in [0.2, 0.25) is 0 Å². The second-order valence-corrected chi connectivity index (χ2v) is 4.80. The maximum absolute atomic E-state index is 14.1. The van der Waals surface area contributed by atoms with Gasteiger partial charge >= 0.3 is 11.9 Å². The van der Waals surface area contributed by atoms with Crippen molar-refractivity contribution < 1.29 is 17.6 Å². The summed E-state index contributed by atoms with van der Waals surface area (Å²) in [6, 6.07) is 2.41. The molecule has 0 atom stereocenters. The van der Waals surface area contributed by atoms with E-state index >= 15 is 0 Å². The van der Waals surface area contributed by atoms with E-state index in [0.29, 0.717) is 15.5 Å². The predicted molar refractivity (Wildman–Crippen MR) is 71.9 cm³/mol. The van der Waals surface area contributed by atoms with E-state index < -0.39 is 34.6 Å². The number of aromatic nitrogens is 4. The normalized spacial score (nSPS) is 12.0. The summed E-state index contributed by atoms with van der Waals surface area (Å²) < 4.78 is 53.1. The highest BCUT2D eigenvalue weighted by Crippen LogP contribution is 2.27. The van der Waals surface area contributed by atoms with Crippen molar-refractivity contribution in [1.29, 1.82) is 0 Å². The molecule has 0 spiro atoms. The summed E-state index contributed by atoms with van der Waals surface area (Å²) in [6.45, 7) is 0. The van der Waals surface area contributed by atoms with Crippen molar-refractivity contribution in [3.63, 3.8) is 0 Å². The second kappa shape index (κ2) is 4.80. The Labute approximate surface area is 124 Å². The van der Waals surface area contributed by atoms with E-state index in [4.69, 9.17) is 0 Å². The molecule has 0 amide bonds. The van der Waals surface area contributed by atoms with Crippen LogP contribution in [0.15, 0.2) is 34.0 Å². The monoisotopic (exact) mass is 328 g/mol. The zero-order valence-electron chi connectivity index (χ0n) is 11.5. The van der Waals surface area contributed by atoms with Crippen molar-refractivity contribution >= 4 is 10.9 Å². The van der Waals surface area contributed by atoms with Gasteiger partial charge in [0, 0.05) is 18.5 Å². The molecule has 3 aromatic rings. The molecule has 120 valence electrons. The van der Waals surface area contributed by atoms with E-state index in [-0.39, 0.29) is 10.6 Å². The van der Waals surface area contributed by atoms with Gasteiger partial charge in [0.25, 0.3) is 5.56 Å². The number of benzene rings is 1. The Bertz CT molecular complexity index is 1030. The first-order chi connectivity index (χ1) is 10.7. The van der Waals surface area contributed by atoms with Crippen LogP contribution < -0.4 is 11.2 Å². The number of hydrogen-bond acceptors (Lipinski definition) is 3. The fraction of sp³-hybridized carbons (Fsp3) is 0.154. The van der Waals surface area contributed by atoms with Gasteiger partial charge in [-0.2, -0.15) is 18.3 Å². The van der Waals surface area contributed by atoms with E-state index in [2.05, 4.69) is 10.2 Å². The molecular weight excluding hydrogens is 320 g/mol. The molecule has 3 rings (SSSR count). The molecule has 0 aliphatic carbocycles. The number of H-pyrrole nitrogens is 1. The highest BCUT2D eigenvalue weighted by molar-refractivity contribution is 5.80. The van der Waals surface area contributed by atoms with E-state index in [1.807, 2.05) is 0 Å². The Balaban J connectivity index is 2.36. The number of aromatic amines is 1.